The van der Waals surface area contributed by atoms with Crippen LogP contribution in [0.3, 0.4) is 0 Å². The predicted molar refractivity (Wildman–Crippen MR) is 112 cm³/mol. The minimum atomic E-state index is -3.78. The van der Waals surface area contributed by atoms with E-state index in [1.165, 1.54) is 12.1 Å². The van der Waals surface area contributed by atoms with Crippen LogP contribution in [0.25, 0.3) is 0 Å². The molecule has 0 atom stereocenters. The van der Waals surface area contributed by atoms with Crippen molar-refractivity contribution in [2.24, 2.45) is 16.5 Å². The second-order valence-electron chi connectivity index (χ2n) is 6.16. The quantitative estimate of drug-likeness (QED) is 0.398. The largest absolute Gasteiger partial charge is 0.489 e. The van der Waals surface area contributed by atoms with Crippen LogP contribution in [0.4, 0.5) is 5.69 Å². The SMILES string of the molecule is NC(N)=[NH+]S(=O)(=O)c1ccc(N=Cc2ccc(OCc3ccccc3)cc2)cc1. The number of nitrogens with two attached hydrogens (primary N) is 2. The molecule has 29 heavy (non-hydrogen) atoms. The highest BCUT2D eigenvalue weighted by Crippen LogP contribution is 2.17. The molecule has 0 spiro atoms. The van der Waals surface area contributed by atoms with Crippen molar-refractivity contribution >= 4 is 27.9 Å². The molecule has 8 heteroatoms. The lowest BCUT2D eigenvalue weighted by atomic mass is 10.2. The van der Waals surface area contributed by atoms with E-state index < -0.39 is 10.0 Å². The van der Waals surface area contributed by atoms with E-state index in [0.29, 0.717) is 12.3 Å². The fourth-order valence-electron chi connectivity index (χ4n) is 2.47. The number of ether oxygens (including phenoxy) is 1. The Kier molecular flexibility index (Phi) is 6.25. The Labute approximate surface area is 169 Å². The Morgan fingerprint density at radius 3 is 2.21 bits per heavy atom. The van der Waals surface area contributed by atoms with Crippen LogP contribution < -0.4 is 20.6 Å². The summed E-state index contributed by atoms with van der Waals surface area (Å²) in [6.07, 6.45) is 1.69. The first-order valence-corrected chi connectivity index (χ1v) is 10.2. The van der Waals surface area contributed by atoms with Gasteiger partial charge in [0, 0.05) is 6.21 Å². The highest BCUT2D eigenvalue weighted by Gasteiger charge is 2.14. The zero-order valence-corrected chi connectivity index (χ0v) is 16.3. The predicted octanol–water partition coefficient (Wildman–Crippen LogP) is 1.06. The molecule has 0 radical (unpaired) electrons. The van der Waals surface area contributed by atoms with Gasteiger partial charge in [-0.3, -0.25) is 16.5 Å². The molecule has 148 valence electrons. The van der Waals surface area contributed by atoms with E-state index >= 15 is 0 Å². The first kappa shape index (κ1) is 20.1. The van der Waals surface area contributed by atoms with Crippen molar-refractivity contribution < 1.29 is 17.6 Å². The molecule has 7 nitrogen and oxygen atoms in total. The molecular formula is C21H21N4O3S+. The van der Waals surface area contributed by atoms with Gasteiger partial charge in [0.2, 0.25) is 0 Å². The first-order chi connectivity index (χ1) is 13.9. The van der Waals surface area contributed by atoms with Crippen LogP contribution in [0.1, 0.15) is 11.1 Å². The third-order valence-corrected chi connectivity index (χ3v) is 5.29. The number of benzene rings is 3. The van der Waals surface area contributed by atoms with E-state index in [1.807, 2.05) is 59.0 Å². The van der Waals surface area contributed by atoms with Crippen LogP contribution >= 0.6 is 0 Å². The smallest absolute Gasteiger partial charge is 0.353 e. The van der Waals surface area contributed by atoms with E-state index in [0.717, 1.165) is 16.9 Å². The maximum Gasteiger partial charge on any atom is 0.353 e. The summed E-state index contributed by atoms with van der Waals surface area (Å²) in [6.45, 7) is 0.506. The number of nitrogens with one attached hydrogen (secondary N) is 1. The summed E-state index contributed by atoms with van der Waals surface area (Å²) in [5, 5.41) is 0. The van der Waals surface area contributed by atoms with Gasteiger partial charge in [0.25, 0.3) is 0 Å². The van der Waals surface area contributed by atoms with Gasteiger partial charge in [0.05, 0.1) is 5.69 Å². The van der Waals surface area contributed by atoms with Crippen molar-refractivity contribution in [2.45, 2.75) is 11.5 Å². The summed E-state index contributed by atoms with van der Waals surface area (Å²) in [4.78, 5) is 4.39. The van der Waals surface area contributed by atoms with Gasteiger partial charge in [-0.05, 0) is 59.7 Å². The van der Waals surface area contributed by atoms with Crippen LogP contribution in [0.15, 0.2) is 88.8 Å². The standard InChI is InChI=1S/C21H20N4O3S/c22-21(23)25-29(26,27)20-12-8-18(9-13-20)24-14-16-6-10-19(11-7-16)28-15-17-4-2-1-3-5-17/h1-14H,15H2,(H4,22,23,25)/p+1. The van der Waals surface area contributed by atoms with E-state index in [-0.39, 0.29) is 10.9 Å². The average molecular weight is 409 g/mol. The molecule has 0 saturated carbocycles. The van der Waals surface area contributed by atoms with E-state index in [1.54, 1.807) is 18.3 Å². The fourth-order valence-corrected chi connectivity index (χ4v) is 3.39. The molecular weight excluding hydrogens is 388 g/mol. The van der Waals surface area contributed by atoms with Gasteiger partial charge in [0.15, 0.2) is 0 Å². The molecule has 0 aliphatic heterocycles. The minimum absolute atomic E-state index is 0.0461. The van der Waals surface area contributed by atoms with E-state index in [9.17, 15) is 8.42 Å². The van der Waals surface area contributed by atoms with Crippen LogP contribution in [-0.4, -0.2) is 20.6 Å². The number of rotatable bonds is 7. The monoisotopic (exact) mass is 409 g/mol. The molecule has 0 fully saturated rings. The summed E-state index contributed by atoms with van der Waals surface area (Å²) >= 11 is 0. The number of guanidine groups is 1. The molecule has 3 aromatic carbocycles. The van der Waals surface area contributed by atoms with Gasteiger partial charge in [-0.15, -0.1) is 0 Å². The molecule has 3 aromatic rings. The maximum absolute atomic E-state index is 12.0. The Morgan fingerprint density at radius 2 is 1.59 bits per heavy atom. The number of nitrogens with zero attached hydrogens (tertiary/aromatic N) is 1. The maximum atomic E-state index is 12.0. The van der Waals surface area contributed by atoms with Crippen LogP contribution in [0, 0.1) is 0 Å². The molecule has 5 N–H and O–H groups in total. The lowest BCUT2D eigenvalue weighted by molar-refractivity contribution is -0.270. The van der Waals surface area contributed by atoms with Crippen LogP contribution in [0.2, 0.25) is 0 Å². The average Bonchev–Trinajstić information content (AvgIpc) is 2.72. The lowest BCUT2D eigenvalue weighted by Gasteiger charge is -2.06. The number of hydrogen-bond acceptors (Lipinski definition) is 4. The molecule has 0 amide bonds. The highest BCUT2D eigenvalue weighted by atomic mass is 32.2. The van der Waals surface area contributed by atoms with Gasteiger partial charge in [-0.1, -0.05) is 30.3 Å². The second-order valence-corrected chi connectivity index (χ2v) is 7.84. The molecule has 0 aliphatic carbocycles. The molecule has 0 aromatic heterocycles. The van der Waals surface area contributed by atoms with Gasteiger partial charge in [-0.25, -0.2) is 0 Å². The van der Waals surface area contributed by atoms with Crippen LogP contribution in [-0.2, 0) is 16.6 Å². The van der Waals surface area contributed by atoms with Gasteiger partial charge in [-0.2, -0.15) is 12.8 Å². The molecule has 3 rings (SSSR count). The second kappa shape index (κ2) is 9.03. The minimum Gasteiger partial charge on any atom is -0.489 e. The molecule has 0 saturated heterocycles. The van der Waals surface area contributed by atoms with E-state index in [2.05, 4.69) is 4.99 Å². The normalized spacial score (nSPS) is 11.3. The topological polar surface area (TPSA) is 122 Å². The molecule has 0 unspecified atom stereocenters. The summed E-state index contributed by atoms with van der Waals surface area (Å²) in [5.41, 5.74) is 13.0. The molecule has 0 aliphatic rings. The highest BCUT2D eigenvalue weighted by molar-refractivity contribution is 7.84. The van der Waals surface area contributed by atoms with Crippen molar-refractivity contribution in [1.82, 2.24) is 0 Å². The Hall–Kier alpha value is -3.65. The fraction of sp³-hybridized carbons (Fsp3) is 0.0476. The Morgan fingerprint density at radius 1 is 0.931 bits per heavy atom. The number of hydrogen-bond donors (Lipinski definition) is 3. The summed E-state index contributed by atoms with van der Waals surface area (Å²) in [7, 11) is -3.78. The number of aliphatic imine (C=N–C) groups is 1. The third-order valence-electron chi connectivity index (χ3n) is 3.89. The first-order valence-electron chi connectivity index (χ1n) is 8.74. The van der Waals surface area contributed by atoms with Gasteiger partial charge >= 0.3 is 16.0 Å². The summed E-state index contributed by atoms with van der Waals surface area (Å²) in [6, 6.07) is 23.5. The number of sulfonamides is 1. The van der Waals surface area contributed by atoms with Gasteiger partial charge < -0.3 is 4.74 Å². The van der Waals surface area contributed by atoms with Gasteiger partial charge in [0.1, 0.15) is 17.3 Å². The lowest BCUT2D eigenvalue weighted by Crippen LogP contribution is -2.80. The Bertz CT molecular complexity index is 1100. The molecule has 0 heterocycles. The van der Waals surface area contributed by atoms with Crippen molar-refractivity contribution in [1.29, 1.82) is 0 Å². The zero-order valence-electron chi connectivity index (χ0n) is 15.5. The van der Waals surface area contributed by atoms with Crippen molar-refractivity contribution in [2.75, 3.05) is 0 Å². The van der Waals surface area contributed by atoms with Crippen molar-refractivity contribution in [3.05, 3.63) is 90.0 Å². The molecule has 0 bridgehead atoms. The summed E-state index contributed by atoms with van der Waals surface area (Å²) in [5.74, 6) is 0.382. The van der Waals surface area contributed by atoms with Crippen molar-refractivity contribution in [3.8, 4) is 5.75 Å². The Balaban J connectivity index is 1.62. The van der Waals surface area contributed by atoms with E-state index in [4.69, 9.17) is 16.2 Å². The van der Waals surface area contributed by atoms with Crippen LogP contribution in [0.5, 0.6) is 5.75 Å². The summed E-state index contributed by atoms with van der Waals surface area (Å²) < 4.78 is 31.7. The third kappa shape index (κ3) is 5.91. The zero-order chi connectivity index (χ0) is 20.7. The van der Waals surface area contributed by atoms with Crippen molar-refractivity contribution in [3.63, 3.8) is 0 Å².